The summed E-state index contributed by atoms with van der Waals surface area (Å²) in [6, 6.07) is 7.90. The van der Waals surface area contributed by atoms with E-state index < -0.39 is 6.09 Å². The number of fused-ring (bicyclic) bond motifs is 1. The zero-order chi connectivity index (χ0) is 13.0. The molecule has 1 aromatic carbocycles. The Morgan fingerprint density at radius 2 is 2.17 bits per heavy atom. The van der Waals surface area contributed by atoms with E-state index in [2.05, 4.69) is 15.6 Å². The van der Waals surface area contributed by atoms with Gasteiger partial charge in [0.15, 0.2) is 0 Å². The van der Waals surface area contributed by atoms with E-state index in [0.717, 1.165) is 4.90 Å². The predicted octanol–water partition coefficient (Wildman–Crippen LogP) is 1.48. The molecule has 1 heterocycles. The first-order valence-corrected chi connectivity index (χ1v) is 6.56. The molecule has 6 heteroatoms. The number of nitrogens with one attached hydrogen (secondary N) is 2. The molecule has 2 N–H and O–H groups in total. The molecule has 0 bridgehead atoms. The molecule has 2 rings (SSSR count). The van der Waals surface area contributed by atoms with E-state index >= 15 is 0 Å². The van der Waals surface area contributed by atoms with Gasteiger partial charge >= 0.3 is 6.09 Å². The molecule has 0 aromatic heterocycles. The molecule has 1 unspecified atom stereocenters. The van der Waals surface area contributed by atoms with Gasteiger partial charge in [0, 0.05) is 4.90 Å². The quantitative estimate of drug-likeness (QED) is 0.796. The summed E-state index contributed by atoms with van der Waals surface area (Å²) in [6.07, 6.45) is 0.0309. The molecule has 0 fully saturated rings. The fourth-order valence-electron chi connectivity index (χ4n) is 1.69. The topological polar surface area (TPSA) is 67.4 Å². The van der Waals surface area contributed by atoms with Crippen molar-refractivity contribution in [1.82, 2.24) is 10.9 Å². The van der Waals surface area contributed by atoms with Crippen LogP contribution in [-0.4, -0.2) is 23.9 Å². The normalized spacial score (nSPS) is 16.8. The smallest absolute Gasteiger partial charge is 0.426 e. The summed E-state index contributed by atoms with van der Waals surface area (Å²) in [5.74, 6) is -0.218. The summed E-state index contributed by atoms with van der Waals surface area (Å²) in [5.41, 5.74) is 5.74. The Kier molecular flexibility index (Phi) is 4.09. The van der Waals surface area contributed by atoms with Crippen molar-refractivity contribution >= 4 is 23.8 Å². The van der Waals surface area contributed by atoms with Gasteiger partial charge in [-0.05, 0) is 25.0 Å². The zero-order valence-electron chi connectivity index (χ0n) is 9.93. The minimum Gasteiger partial charge on any atom is -0.449 e. The molecule has 0 aliphatic carbocycles. The molecule has 0 saturated heterocycles. The Balaban J connectivity index is 1.84. The molecule has 18 heavy (non-hydrogen) atoms. The molecule has 1 aromatic rings. The van der Waals surface area contributed by atoms with Gasteiger partial charge in [-0.3, -0.25) is 10.2 Å². The van der Waals surface area contributed by atoms with Crippen molar-refractivity contribution in [2.75, 3.05) is 6.61 Å². The van der Waals surface area contributed by atoms with Crippen LogP contribution in [0.25, 0.3) is 0 Å². The van der Waals surface area contributed by atoms with Crippen molar-refractivity contribution in [3.05, 3.63) is 29.8 Å². The number of rotatable bonds is 2. The third-order valence-electron chi connectivity index (χ3n) is 2.50. The molecule has 96 valence electrons. The van der Waals surface area contributed by atoms with Crippen molar-refractivity contribution in [3.8, 4) is 0 Å². The first-order valence-electron chi connectivity index (χ1n) is 5.68. The number of benzene rings is 1. The second-order valence-electron chi connectivity index (χ2n) is 3.75. The minimum absolute atomic E-state index is 0.204. The maximum Gasteiger partial charge on any atom is 0.426 e. The van der Waals surface area contributed by atoms with Gasteiger partial charge in [-0.15, -0.1) is 11.8 Å². The van der Waals surface area contributed by atoms with Crippen LogP contribution < -0.4 is 10.9 Å². The fraction of sp³-hybridized carbons (Fsp3) is 0.333. The van der Waals surface area contributed by atoms with Crippen LogP contribution in [0.4, 0.5) is 4.79 Å². The lowest BCUT2D eigenvalue weighted by molar-refractivity contribution is -0.121. The van der Waals surface area contributed by atoms with E-state index in [1.54, 1.807) is 6.92 Å². The maximum absolute atomic E-state index is 11.8. The number of hydrazine groups is 1. The van der Waals surface area contributed by atoms with Crippen molar-refractivity contribution in [2.45, 2.75) is 23.5 Å². The Labute approximate surface area is 109 Å². The maximum atomic E-state index is 11.8. The lowest BCUT2D eigenvalue weighted by atomic mass is 10.1. The Hall–Kier alpha value is -1.69. The van der Waals surface area contributed by atoms with Crippen LogP contribution in [0.2, 0.25) is 0 Å². The summed E-state index contributed by atoms with van der Waals surface area (Å²) in [6.45, 7) is 1.97. The minimum atomic E-state index is -0.647. The standard InChI is InChI=1S/C12H14N2O3S/c1-2-17-12(16)14-13-11(15)10-7-8-5-3-4-6-9(8)18-10/h3-6,10H,2,7H2,1H3,(H,13,15)(H,14,16). The molecule has 5 nitrogen and oxygen atoms in total. The van der Waals surface area contributed by atoms with Crippen LogP contribution in [0.5, 0.6) is 0 Å². The van der Waals surface area contributed by atoms with Crippen LogP contribution in [0.15, 0.2) is 29.2 Å². The van der Waals surface area contributed by atoms with Crippen LogP contribution in [0.1, 0.15) is 12.5 Å². The summed E-state index contributed by atoms with van der Waals surface area (Å²) >= 11 is 1.51. The average molecular weight is 266 g/mol. The number of carbonyl (C=O) groups is 2. The van der Waals surface area contributed by atoms with Gasteiger partial charge in [-0.2, -0.15) is 0 Å². The number of thioether (sulfide) groups is 1. The molecule has 0 radical (unpaired) electrons. The van der Waals surface area contributed by atoms with Gasteiger partial charge in [0.05, 0.1) is 11.9 Å². The third-order valence-corrected chi connectivity index (χ3v) is 3.82. The number of hydrogen-bond donors (Lipinski definition) is 2. The summed E-state index contributed by atoms with van der Waals surface area (Å²) in [7, 11) is 0. The molecule has 1 aliphatic heterocycles. The van der Waals surface area contributed by atoms with Gasteiger partial charge < -0.3 is 4.74 Å². The molecule has 2 amide bonds. The zero-order valence-corrected chi connectivity index (χ0v) is 10.8. The molecular formula is C12H14N2O3S. The van der Waals surface area contributed by atoms with E-state index in [4.69, 9.17) is 0 Å². The van der Waals surface area contributed by atoms with Crippen molar-refractivity contribution in [3.63, 3.8) is 0 Å². The largest absolute Gasteiger partial charge is 0.449 e. The number of amides is 2. The molecule has 1 aliphatic rings. The number of hydrogen-bond acceptors (Lipinski definition) is 4. The molecule has 0 saturated carbocycles. The van der Waals surface area contributed by atoms with Crippen LogP contribution in [0, 0.1) is 0 Å². The van der Waals surface area contributed by atoms with Crippen molar-refractivity contribution < 1.29 is 14.3 Å². The van der Waals surface area contributed by atoms with Crippen molar-refractivity contribution in [1.29, 1.82) is 0 Å². The second-order valence-corrected chi connectivity index (χ2v) is 5.00. The summed E-state index contributed by atoms with van der Waals surface area (Å²) in [4.78, 5) is 24.0. The number of ether oxygens (including phenoxy) is 1. The summed E-state index contributed by atoms with van der Waals surface area (Å²) < 4.78 is 4.65. The highest BCUT2D eigenvalue weighted by atomic mass is 32.2. The van der Waals surface area contributed by atoms with E-state index in [-0.39, 0.29) is 17.8 Å². The highest BCUT2D eigenvalue weighted by molar-refractivity contribution is 8.01. The van der Waals surface area contributed by atoms with Gasteiger partial charge in [-0.1, -0.05) is 18.2 Å². The highest BCUT2D eigenvalue weighted by Gasteiger charge is 2.28. The lowest BCUT2D eigenvalue weighted by Crippen LogP contribution is -2.45. The molecule has 1 atom stereocenters. The summed E-state index contributed by atoms with van der Waals surface area (Å²) in [5, 5.41) is -0.204. The van der Waals surface area contributed by atoms with Crippen molar-refractivity contribution in [2.24, 2.45) is 0 Å². The Morgan fingerprint density at radius 3 is 2.89 bits per heavy atom. The average Bonchev–Trinajstić information content (AvgIpc) is 2.80. The Bertz CT molecular complexity index is 439. The van der Waals surface area contributed by atoms with Crippen LogP contribution in [0.3, 0.4) is 0 Å². The van der Waals surface area contributed by atoms with Crippen LogP contribution in [-0.2, 0) is 16.0 Å². The lowest BCUT2D eigenvalue weighted by Gasteiger charge is -2.10. The van der Waals surface area contributed by atoms with Crippen LogP contribution >= 0.6 is 11.8 Å². The number of carbonyl (C=O) groups excluding carboxylic acids is 2. The van der Waals surface area contributed by atoms with E-state index in [1.165, 1.54) is 17.3 Å². The highest BCUT2D eigenvalue weighted by Crippen LogP contribution is 2.36. The van der Waals surface area contributed by atoms with E-state index in [9.17, 15) is 9.59 Å². The molecule has 0 spiro atoms. The second kappa shape index (κ2) is 5.77. The van der Waals surface area contributed by atoms with E-state index in [1.807, 2.05) is 24.3 Å². The SMILES string of the molecule is CCOC(=O)NNC(=O)C1Cc2ccccc2S1. The van der Waals surface area contributed by atoms with Gasteiger partial charge in [0.25, 0.3) is 5.91 Å². The first-order chi connectivity index (χ1) is 8.70. The first kappa shape index (κ1) is 12.8. The van der Waals surface area contributed by atoms with E-state index in [0.29, 0.717) is 6.42 Å². The predicted molar refractivity (Wildman–Crippen MR) is 68.1 cm³/mol. The third kappa shape index (κ3) is 2.95. The monoisotopic (exact) mass is 266 g/mol. The fourth-order valence-corrected chi connectivity index (χ4v) is 2.88. The van der Waals surface area contributed by atoms with Gasteiger partial charge in [0.2, 0.25) is 0 Å². The van der Waals surface area contributed by atoms with Gasteiger partial charge in [0.1, 0.15) is 0 Å². The molecular weight excluding hydrogens is 252 g/mol. The van der Waals surface area contributed by atoms with Gasteiger partial charge in [-0.25, -0.2) is 10.2 Å². The Morgan fingerprint density at radius 1 is 1.39 bits per heavy atom.